The lowest BCUT2D eigenvalue weighted by atomic mass is 10.2. The van der Waals surface area contributed by atoms with Gasteiger partial charge < -0.3 is 20.9 Å². The van der Waals surface area contributed by atoms with Crippen LogP contribution in [0.1, 0.15) is 6.42 Å². The third-order valence-electron chi connectivity index (χ3n) is 3.70. The molecule has 0 atom stereocenters. The highest BCUT2D eigenvalue weighted by molar-refractivity contribution is 5.92. The smallest absolute Gasteiger partial charge is 0.316 e. The highest BCUT2D eigenvalue weighted by Crippen LogP contribution is 2.16. The van der Waals surface area contributed by atoms with Gasteiger partial charge in [-0.25, -0.2) is 4.79 Å². The Hall–Kier alpha value is -3.28. The van der Waals surface area contributed by atoms with E-state index in [1.165, 1.54) is 0 Å². The number of aryl methyl sites for hydroxylation is 1. The maximum Gasteiger partial charge on any atom is 0.316 e. The summed E-state index contributed by atoms with van der Waals surface area (Å²) in [6, 6.07) is 16.3. The molecule has 0 saturated heterocycles. The van der Waals surface area contributed by atoms with E-state index in [4.69, 9.17) is 5.73 Å². The zero-order valence-electron chi connectivity index (χ0n) is 13.0. The van der Waals surface area contributed by atoms with E-state index in [1.54, 1.807) is 24.3 Å². The third kappa shape index (κ3) is 3.73. The van der Waals surface area contributed by atoms with E-state index in [0.29, 0.717) is 24.3 Å². The number of hydrogen-bond donors (Lipinski definition) is 3. The lowest BCUT2D eigenvalue weighted by molar-refractivity contribution is -0.116. The molecule has 3 amide bonds. The number of nitrogens with zero attached hydrogens (tertiary/aromatic N) is 1. The number of aromatic nitrogens is 1. The second-order valence-corrected chi connectivity index (χ2v) is 5.43. The van der Waals surface area contributed by atoms with Crippen molar-refractivity contribution in [2.75, 3.05) is 10.6 Å². The molecule has 0 unspecified atom stereocenters. The van der Waals surface area contributed by atoms with Gasteiger partial charge in [-0.1, -0.05) is 18.2 Å². The average molecular weight is 322 g/mol. The van der Waals surface area contributed by atoms with E-state index >= 15 is 0 Å². The van der Waals surface area contributed by atoms with E-state index in [1.807, 2.05) is 36.5 Å². The number of nitrogens with two attached hydrogens (primary N) is 1. The minimum absolute atomic E-state index is 0.0663. The van der Waals surface area contributed by atoms with Gasteiger partial charge in [-0.15, -0.1) is 0 Å². The Bertz CT molecular complexity index is 868. The van der Waals surface area contributed by atoms with Gasteiger partial charge in [0.25, 0.3) is 0 Å². The first-order chi connectivity index (χ1) is 11.6. The highest BCUT2D eigenvalue weighted by Gasteiger charge is 2.05. The first-order valence-corrected chi connectivity index (χ1v) is 7.62. The summed E-state index contributed by atoms with van der Waals surface area (Å²) in [6.45, 7) is 0.612. The number of para-hydroxylation sites is 1. The molecule has 0 aliphatic heterocycles. The number of rotatable bonds is 5. The van der Waals surface area contributed by atoms with Crippen LogP contribution in [0.15, 0.2) is 60.8 Å². The molecule has 0 aliphatic carbocycles. The summed E-state index contributed by atoms with van der Waals surface area (Å²) in [6.07, 6.45) is 2.36. The van der Waals surface area contributed by atoms with Crippen LogP contribution in [-0.2, 0) is 11.3 Å². The molecule has 0 bridgehead atoms. The van der Waals surface area contributed by atoms with Crippen LogP contribution < -0.4 is 16.4 Å². The van der Waals surface area contributed by atoms with Gasteiger partial charge in [0.05, 0.1) is 0 Å². The third-order valence-corrected chi connectivity index (χ3v) is 3.70. The molecule has 122 valence electrons. The average Bonchev–Trinajstić information content (AvgIpc) is 2.98. The van der Waals surface area contributed by atoms with Crippen molar-refractivity contribution in [1.82, 2.24) is 4.57 Å². The van der Waals surface area contributed by atoms with E-state index in [0.717, 1.165) is 10.9 Å². The monoisotopic (exact) mass is 322 g/mol. The number of primary amides is 1. The number of carbonyl (C=O) groups excluding carboxylic acids is 2. The topological polar surface area (TPSA) is 89.2 Å². The molecular formula is C18H18N4O2. The summed E-state index contributed by atoms with van der Waals surface area (Å²) >= 11 is 0. The molecule has 3 rings (SSSR count). The second kappa shape index (κ2) is 6.87. The van der Waals surface area contributed by atoms with Crippen molar-refractivity contribution in [2.24, 2.45) is 5.73 Å². The Labute approximate surface area is 139 Å². The SMILES string of the molecule is NC(=O)Nc1ccc(NC(=O)CCn2ccc3ccccc32)cc1. The number of urea groups is 1. The Kier molecular flexibility index (Phi) is 4.47. The molecule has 0 radical (unpaired) electrons. The lowest BCUT2D eigenvalue weighted by Crippen LogP contribution is -2.19. The summed E-state index contributed by atoms with van der Waals surface area (Å²) in [5.74, 6) is -0.0663. The molecule has 0 fully saturated rings. The number of carbonyl (C=O) groups is 2. The molecule has 0 spiro atoms. The standard InChI is InChI=1S/C18H18N4O2/c19-18(24)21-15-7-5-14(6-8-15)20-17(23)10-12-22-11-9-13-3-1-2-4-16(13)22/h1-9,11H,10,12H2,(H,20,23)(H3,19,21,24). The van der Waals surface area contributed by atoms with Gasteiger partial charge >= 0.3 is 6.03 Å². The maximum atomic E-state index is 12.1. The number of anilines is 2. The van der Waals surface area contributed by atoms with Crippen LogP contribution in [0.4, 0.5) is 16.2 Å². The molecule has 1 heterocycles. The molecule has 24 heavy (non-hydrogen) atoms. The van der Waals surface area contributed by atoms with E-state index < -0.39 is 6.03 Å². The maximum absolute atomic E-state index is 12.1. The molecule has 4 N–H and O–H groups in total. The Morgan fingerprint density at radius 2 is 1.58 bits per heavy atom. The van der Waals surface area contributed by atoms with Gasteiger partial charge in [0.1, 0.15) is 0 Å². The summed E-state index contributed by atoms with van der Waals surface area (Å²) in [7, 11) is 0. The summed E-state index contributed by atoms with van der Waals surface area (Å²) < 4.78 is 2.06. The van der Waals surface area contributed by atoms with Crippen molar-refractivity contribution >= 4 is 34.2 Å². The van der Waals surface area contributed by atoms with Crippen LogP contribution in [0.25, 0.3) is 10.9 Å². The van der Waals surface area contributed by atoms with Gasteiger partial charge in [-0.3, -0.25) is 4.79 Å². The van der Waals surface area contributed by atoms with Gasteiger partial charge in [-0.2, -0.15) is 0 Å². The molecule has 1 aromatic heterocycles. The zero-order chi connectivity index (χ0) is 16.9. The summed E-state index contributed by atoms with van der Waals surface area (Å²) in [5.41, 5.74) is 7.42. The predicted octanol–water partition coefficient (Wildman–Crippen LogP) is 3.16. The Morgan fingerprint density at radius 3 is 2.29 bits per heavy atom. The largest absolute Gasteiger partial charge is 0.351 e. The van der Waals surface area contributed by atoms with Crippen molar-refractivity contribution < 1.29 is 9.59 Å². The number of fused-ring (bicyclic) bond motifs is 1. The summed E-state index contributed by atoms with van der Waals surface area (Å²) in [5, 5.41) is 6.47. The molecule has 0 saturated carbocycles. The van der Waals surface area contributed by atoms with Crippen LogP contribution in [-0.4, -0.2) is 16.5 Å². The van der Waals surface area contributed by atoms with E-state index in [9.17, 15) is 9.59 Å². The molecule has 0 aliphatic rings. The van der Waals surface area contributed by atoms with E-state index in [-0.39, 0.29) is 5.91 Å². The van der Waals surface area contributed by atoms with Crippen molar-refractivity contribution in [2.45, 2.75) is 13.0 Å². The first-order valence-electron chi connectivity index (χ1n) is 7.62. The van der Waals surface area contributed by atoms with E-state index in [2.05, 4.69) is 15.2 Å². The van der Waals surface area contributed by atoms with Crippen LogP contribution in [0, 0.1) is 0 Å². The first kappa shape index (κ1) is 15.6. The Morgan fingerprint density at radius 1 is 0.917 bits per heavy atom. The van der Waals surface area contributed by atoms with Crippen molar-refractivity contribution in [1.29, 1.82) is 0 Å². The minimum atomic E-state index is -0.620. The van der Waals surface area contributed by atoms with Crippen LogP contribution >= 0.6 is 0 Å². The van der Waals surface area contributed by atoms with Crippen molar-refractivity contribution in [3.8, 4) is 0 Å². The molecule has 2 aromatic carbocycles. The fourth-order valence-electron chi connectivity index (χ4n) is 2.56. The minimum Gasteiger partial charge on any atom is -0.351 e. The quantitative estimate of drug-likeness (QED) is 0.673. The number of amides is 3. The number of benzene rings is 2. The van der Waals surface area contributed by atoms with Crippen LogP contribution in [0.2, 0.25) is 0 Å². The van der Waals surface area contributed by atoms with Gasteiger partial charge in [-0.05, 0) is 41.8 Å². The van der Waals surface area contributed by atoms with Gasteiger partial charge in [0, 0.05) is 36.1 Å². The highest BCUT2D eigenvalue weighted by atomic mass is 16.2. The molecule has 3 aromatic rings. The second-order valence-electron chi connectivity index (χ2n) is 5.43. The number of nitrogens with one attached hydrogen (secondary N) is 2. The number of hydrogen-bond acceptors (Lipinski definition) is 2. The fraction of sp³-hybridized carbons (Fsp3) is 0.111. The molecule has 6 heteroatoms. The molecule has 6 nitrogen and oxygen atoms in total. The van der Waals surface area contributed by atoms with Crippen LogP contribution in [0.3, 0.4) is 0 Å². The van der Waals surface area contributed by atoms with Crippen molar-refractivity contribution in [3.63, 3.8) is 0 Å². The van der Waals surface area contributed by atoms with Gasteiger partial charge in [0.2, 0.25) is 5.91 Å². The summed E-state index contributed by atoms with van der Waals surface area (Å²) in [4.78, 5) is 22.9. The van der Waals surface area contributed by atoms with Crippen LogP contribution in [0.5, 0.6) is 0 Å². The zero-order valence-corrected chi connectivity index (χ0v) is 13.0. The molecular weight excluding hydrogens is 304 g/mol. The van der Waals surface area contributed by atoms with Gasteiger partial charge in [0.15, 0.2) is 0 Å². The predicted molar refractivity (Wildman–Crippen MR) is 94.8 cm³/mol. The van der Waals surface area contributed by atoms with Crippen molar-refractivity contribution in [3.05, 3.63) is 60.8 Å². The fourth-order valence-corrected chi connectivity index (χ4v) is 2.56. The Balaban J connectivity index is 1.56. The lowest BCUT2D eigenvalue weighted by Gasteiger charge is -2.08. The normalized spacial score (nSPS) is 10.5.